The van der Waals surface area contributed by atoms with Gasteiger partial charge in [-0.15, -0.1) is 0 Å². The highest BCUT2D eigenvalue weighted by Crippen LogP contribution is 2.20. The van der Waals surface area contributed by atoms with Gasteiger partial charge in [-0.1, -0.05) is 0 Å². The summed E-state index contributed by atoms with van der Waals surface area (Å²) in [5, 5.41) is 25.3. The van der Waals surface area contributed by atoms with Crippen LogP contribution in [0.5, 0.6) is 0 Å². The molecule has 1 unspecified atom stereocenters. The van der Waals surface area contributed by atoms with Crippen LogP contribution < -0.4 is 0 Å². The molecule has 0 heterocycles. The highest BCUT2D eigenvalue weighted by Gasteiger charge is 2.34. The Bertz CT molecular complexity index is 176. The molecule has 0 radical (unpaired) electrons. The summed E-state index contributed by atoms with van der Waals surface area (Å²) < 4.78 is 0. The normalized spacial score (nSPS) is 15.5. The molecule has 0 aromatic carbocycles. The lowest BCUT2D eigenvalue weighted by atomic mass is 9.88. The molecule has 0 fully saturated rings. The van der Waals surface area contributed by atoms with E-state index in [9.17, 15) is 9.59 Å². The Morgan fingerprint density at radius 1 is 1.36 bits per heavy atom. The maximum Gasteiger partial charge on any atom is 0.312 e. The fourth-order valence-corrected chi connectivity index (χ4v) is 0.533. The van der Waals surface area contributed by atoms with Gasteiger partial charge in [-0.25, -0.2) is 0 Å². The van der Waals surface area contributed by atoms with E-state index in [1.165, 1.54) is 6.92 Å². The maximum atomic E-state index is 10.4. The quantitative estimate of drug-likeness (QED) is 0.520. The minimum atomic E-state index is -1.56. The molecule has 5 heteroatoms. The van der Waals surface area contributed by atoms with Gasteiger partial charge in [0, 0.05) is 0 Å². The second kappa shape index (κ2) is 3.34. The number of aliphatic hydroxyl groups excluding tert-OH is 1. The molecule has 0 amide bonds. The fourth-order valence-electron chi connectivity index (χ4n) is 0.533. The fraction of sp³-hybridized carbons (Fsp3) is 0.667. The highest BCUT2D eigenvalue weighted by atomic mass is 16.4. The Kier molecular flexibility index (Phi) is 3.00. The van der Waals surface area contributed by atoms with Gasteiger partial charge in [0.2, 0.25) is 0 Å². The third-order valence-corrected chi connectivity index (χ3v) is 1.41. The summed E-state index contributed by atoms with van der Waals surface area (Å²) in [5.74, 6) is -2.54. The van der Waals surface area contributed by atoms with Crippen LogP contribution in [0.4, 0.5) is 0 Å². The van der Waals surface area contributed by atoms with Crippen molar-refractivity contribution in [1.29, 1.82) is 0 Å². The van der Waals surface area contributed by atoms with Crippen molar-refractivity contribution >= 4 is 11.9 Å². The minimum absolute atomic E-state index is 0.571. The van der Waals surface area contributed by atoms with E-state index < -0.39 is 30.4 Å². The summed E-state index contributed by atoms with van der Waals surface area (Å²) in [5.41, 5.74) is -1.56. The van der Waals surface area contributed by atoms with E-state index in [0.29, 0.717) is 0 Å². The molecule has 0 aromatic rings. The number of hydrogen-bond donors (Lipinski definition) is 3. The molecule has 0 spiro atoms. The average Bonchev–Trinajstić information content (AvgIpc) is 1.86. The number of carbonyl (C=O) groups is 2. The molecule has 0 saturated carbocycles. The van der Waals surface area contributed by atoms with E-state index in [4.69, 9.17) is 15.3 Å². The summed E-state index contributed by atoms with van der Waals surface area (Å²) in [7, 11) is 0. The molecule has 0 aliphatic carbocycles. The Labute approximate surface area is 63.3 Å². The molecule has 0 saturated heterocycles. The molecule has 0 aliphatic rings. The summed E-state index contributed by atoms with van der Waals surface area (Å²) in [6, 6.07) is 0. The zero-order valence-electron chi connectivity index (χ0n) is 6.07. The van der Waals surface area contributed by atoms with E-state index in [1.54, 1.807) is 0 Å². The summed E-state index contributed by atoms with van der Waals surface area (Å²) >= 11 is 0. The number of hydrogen-bond acceptors (Lipinski definition) is 3. The number of rotatable bonds is 4. The minimum Gasteiger partial charge on any atom is -0.481 e. The van der Waals surface area contributed by atoms with Gasteiger partial charge in [-0.05, 0) is 6.92 Å². The Balaban J connectivity index is 4.34. The van der Waals surface area contributed by atoms with E-state index in [1.807, 2.05) is 0 Å². The van der Waals surface area contributed by atoms with Crippen molar-refractivity contribution in [2.24, 2.45) is 5.41 Å². The van der Waals surface area contributed by atoms with E-state index in [-0.39, 0.29) is 0 Å². The van der Waals surface area contributed by atoms with Crippen molar-refractivity contribution in [3.8, 4) is 0 Å². The molecule has 3 N–H and O–H groups in total. The molecule has 0 aromatic heterocycles. The van der Waals surface area contributed by atoms with Gasteiger partial charge in [0.05, 0.1) is 18.4 Å². The van der Waals surface area contributed by atoms with Crippen molar-refractivity contribution in [2.45, 2.75) is 13.3 Å². The van der Waals surface area contributed by atoms with Gasteiger partial charge in [-0.3, -0.25) is 9.59 Å². The average molecular weight is 162 g/mol. The third-order valence-electron chi connectivity index (χ3n) is 1.41. The molecule has 0 aliphatic heterocycles. The van der Waals surface area contributed by atoms with Gasteiger partial charge in [0.1, 0.15) is 0 Å². The smallest absolute Gasteiger partial charge is 0.312 e. The molecular weight excluding hydrogens is 152 g/mol. The van der Waals surface area contributed by atoms with Crippen LogP contribution in [-0.4, -0.2) is 33.9 Å². The van der Waals surface area contributed by atoms with Crippen LogP contribution in [0, 0.1) is 5.41 Å². The number of aliphatic carboxylic acids is 2. The van der Waals surface area contributed by atoms with Crippen LogP contribution in [0.3, 0.4) is 0 Å². The van der Waals surface area contributed by atoms with Crippen LogP contribution in [0.1, 0.15) is 13.3 Å². The first-order chi connectivity index (χ1) is 4.92. The van der Waals surface area contributed by atoms with Gasteiger partial charge < -0.3 is 15.3 Å². The lowest BCUT2D eigenvalue weighted by Crippen LogP contribution is -2.33. The molecule has 1 atom stereocenters. The molecule has 64 valence electrons. The predicted molar refractivity (Wildman–Crippen MR) is 35.1 cm³/mol. The van der Waals surface area contributed by atoms with E-state index >= 15 is 0 Å². The Morgan fingerprint density at radius 3 is 1.91 bits per heavy atom. The first-order valence-electron chi connectivity index (χ1n) is 2.98. The van der Waals surface area contributed by atoms with Crippen LogP contribution in [-0.2, 0) is 9.59 Å². The van der Waals surface area contributed by atoms with Crippen molar-refractivity contribution in [3.63, 3.8) is 0 Å². The Morgan fingerprint density at radius 2 is 1.82 bits per heavy atom. The molecular formula is C6H10O5. The van der Waals surface area contributed by atoms with Crippen molar-refractivity contribution < 1.29 is 24.9 Å². The number of carboxylic acids is 2. The Hall–Kier alpha value is -1.10. The van der Waals surface area contributed by atoms with Crippen molar-refractivity contribution in [1.82, 2.24) is 0 Å². The lowest BCUT2D eigenvalue weighted by molar-refractivity contribution is -0.157. The van der Waals surface area contributed by atoms with Crippen molar-refractivity contribution in [2.75, 3.05) is 6.61 Å². The zero-order valence-corrected chi connectivity index (χ0v) is 6.07. The van der Waals surface area contributed by atoms with Crippen molar-refractivity contribution in [3.05, 3.63) is 0 Å². The van der Waals surface area contributed by atoms with Gasteiger partial charge in [0.15, 0.2) is 0 Å². The zero-order chi connectivity index (χ0) is 9.07. The monoisotopic (exact) mass is 162 g/mol. The van der Waals surface area contributed by atoms with Gasteiger partial charge in [0.25, 0.3) is 0 Å². The summed E-state index contributed by atoms with van der Waals surface area (Å²) in [6.07, 6.45) is -0.571. The second-order valence-corrected chi connectivity index (χ2v) is 2.59. The largest absolute Gasteiger partial charge is 0.481 e. The van der Waals surface area contributed by atoms with E-state index in [2.05, 4.69) is 0 Å². The predicted octanol–water partition coefficient (Wildman–Crippen LogP) is -0.456. The van der Waals surface area contributed by atoms with Crippen LogP contribution in [0.15, 0.2) is 0 Å². The van der Waals surface area contributed by atoms with Crippen LogP contribution >= 0.6 is 0 Å². The van der Waals surface area contributed by atoms with Crippen LogP contribution in [0.2, 0.25) is 0 Å². The second-order valence-electron chi connectivity index (χ2n) is 2.59. The van der Waals surface area contributed by atoms with Gasteiger partial charge in [-0.2, -0.15) is 0 Å². The highest BCUT2D eigenvalue weighted by molar-refractivity contribution is 5.81. The topological polar surface area (TPSA) is 94.8 Å². The number of aliphatic hydroxyl groups is 1. The maximum absolute atomic E-state index is 10.4. The first-order valence-corrected chi connectivity index (χ1v) is 2.98. The molecule has 11 heavy (non-hydrogen) atoms. The van der Waals surface area contributed by atoms with Gasteiger partial charge >= 0.3 is 11.9 Å². The summed E-state index contributed by atoms with van der Waals surface area (Å²) in [4.78, 5) is 20.5. The number of carboxylic acid groups (broad SMARTS) is 2. The van der Waals surface area contributed by atoms with E-state index in [0.717, 1.165) is 0 Å². The summed E-state index contributed by atoms with van der Waals surface area (Å²) in [6.45, 7) is 0.512. The lowest BCUT2D eigenvalue weighted by Gasteiger charge is -2.18. The molecule has 0 bridgehead atoms. The first kappa shape index (κ1) is 9.90. The third kappa shape index (κ3) is 2.55. The molecule has 5 nitrogen and oxygen atoms in total. The molecule has 0 rings (SSSR count). The SMILES string of the molecule is CC(CO)(CC(=O)O)C(=O)O. The van der Waals surface area contributed by atoms with Crippen LogP contribution in [0.25, 0.3) is 0 Å². The standard InChI is InChI=1S/C6H10O5/c1-6(3-7,5(10)11)2-4(8)9/h7H,2-3H2,1H3,(H,8,9)(H,10,11).